The van der Waals surface area contributed by atoms with Crippen LogP contribution >= 0.6 is 0 Å². The second-order valence-electron chi connectivity index (χ2n) is 7.27. The Bertz CT molecular complexity index is 297. The highest BCUT2D eigenvalue weighted by atomic mass is 16.0. The van der Waals surface area contributed by atoms with E-state index in [0.29, 0.717) is 5.92 Å². The van der Waals surface area contributed by atoms with Gasteiger partial charge in [0.2, 0.25) is 0 Å². The molecule has 1 unspecified atom stereocenters. The van der Waals surface area contributed by atoms with Crippen molar-refractivity contribution in [2.24, 2.45) is 29.6 Å². The zero-order valence-corrected chi connectivity index (χ0v) is 13.9. The van der Waals surface area contributed by atoms with Crippen molar-refractivity contribution < 1.29 is 11.0 Å². The van der Waals surface area contributed by atoms with E-state index in [-0.39, 0.29) is 18.4 Å². The van der Waals surface area contributed by atoms with Crippen LogP contribution in [0.3, 0.4) is 0 Å². The van der Waals surface area contributed by atoms with E-state index >= 15 is 0 Å². The standard InChI is InChI=1S/C18H31N.CH4.2H2O/c1-3-14(2)12-15-4-8-17(9-5-15)18-10-6-16(13-19)7-11-18;;;/h14-18H,3-12H2,1-2H3;1H4;2*1H2. The molecule has 3 heteroatoms. The van der Waals surface area contributed by atoms with Crippen LogP contribution < -0.4 is 0 Å². The van der Waals surface area contributed by atoms with E-state index in [1.807, 2.05) is 0 Å². The van der Waals surface area contributed by atoms with Crippen molar-refractivity contribution in [3.8, 4) is 6.07 Å². The van der Waals surface area contributed by atoms with Crippen LogP contribution in [-0.2, 0) is 0 Å². The third-order valence-corrected chi connectivity index (χ3v) is 5.95. The average molecular weight is 314 g/mol. The molecule has 0 radical (unpaired) electrons. The van der Waals surface area contributed by atoms with Gasteiger partial charge in [0, 0.05) is 5.92 Å². The molecule has 3 nitrogen and oxygen atoms in total. The molecule has 0 bridgehead atoms. The van der Waals surface area contributed by atoms with Crippen LogP contribution in [-0.4, -0.2) is 11.0 Å². The number of hydrogen-bond acceptors (Lipinski definition) is 1. The summed E-state index contributed by atoms with van der Waals surface area (Å²) < 4.78 is 0. The third-order valence-electron chi connectivity index (χ3n) is 5.95. The fourth-order valence-corrected chi connectivity index (χ4v) is 4.35. The average Bonchev–Trinajstić information content (AvgIpc) is 2.48. The molecule has 4 N–H and O–H groups in total. The number of nitriles is 1. The molecule has 132 valence electrons. The molecule has 2 rings (SSSR count). The van der Waals surface area contributed by atoms with E-state index in [4.69, 9.17) is 5.26 Å². The lowest BCUT2D eigenvalue weighted by atomic mass is 9.68. The maximum Gasteiger partial charge on any atom is 0.0655 e. The summed E-state index contributed by atoms with van der Waals surface area (Å²) in [5, 5.41) is 8.98. The molecule has 0 spiro atoms. The van der Waals surface area contributed by atoms with Crippen LogP contribution in [0.2, 0.25) is 0 Å². The molecule has 1 atom stereocenters. The summed E-state index contributed by atoms with van der Waals surface area (Å²) in [6, 6.07) is 2.46. The molecular weight excluding hydrogens is 274 g/mol. The molecule has 0 heterocycles. The highest BCUT2D eigenvalue weighted by Crippen LogP contribution is 2.42. The minimum atomic E-state index is 0. The maximum absolute atomic E-state index is 8.98. The predicted molar refractivity (Wildman–Crippen MR) is 94.5 cm³/mol. The minimum absolute atomic E-state index is 0. The van der Waals surface area contributed by atoms with Gasteiger partial charge in [-0.25, -0.2) is 0 Å². The Morgan fingerprint density at radius 1 is 0.909 bits per heavy atom. The summed E-state index contributed by atoms with van der Waals surface area (Å²) >= 11 is 0. The van der Waals surface area contributed by atoms with Crippen molar-refractivity contribution in [1.82, 2.24) is 0 Å². The SMILES string of the molecule is C.CCC(C)CC1CCC(C2CCC(C#N)CC2)CC1.O.O. The monoisotopic (exact) mass is 313 g/mol. The van der Waals surface area contributed by atoms with Gasteiger partial charge in [0.1, 0.15) is 0 Å². The fraction of sp³-hybridized carbons (Fsp3) is 0.947. The first-order valence-corrected chi connectivity index (χ1v) is 8.62. The van der Waals surface area contributed by atoms with Crippen LogP contribution in [0.1, 0.15) is 85.5 Å². The molecule has 2 saturated carbocycles. The molecule has 2 aliphatic rings. The van der Waals surface area contributed by atoms with Gasteiger partial charge in [0.05, 0.1) is 6.07 Å². The molecule has 0 aromatic rings. The van der Waals surface area contributed by atoms with Gasteiger partial charge in [0.15, 0.2) is 0 Å². The number of rotatable bonds is 4. The van der Waals surface area contributed by atoms with Gasteiger partial charge in [-0.05, 0) is 68.6 Å². The summed E-state index contributed by atoms with van der Waals surface area (Å²) in [5.74, 6) is 4.26. The van der Waals surface area contributed by atoms with Crippen molar-refractivity contribution in [2.45, 2.75) is 85.5 Å². The van der Waals surface area contributed by atoms with Gasteiger partial charge in [0.25, 0.3) is 0 Å². The molecular formula is C19H39NO2. The van der Waals surface area contributed by atoms with Crippen molar-refractivity contribution in [1.29, 1.82) is 5.26 Å². The lowest BCUT2D eigenvalue weighted by molar-refractivity contribution is 0.147. The topological polar surface area (TPSA) is 86.8 Å². The summed E-state index contributed by atoms with van der Waals surface area (Å²) in [6.45, 7) is 4.74. The summed E-state index contributed by atoms with van der Waals surface area (Å²) in [4.78, 5) is 0. The van der Waals surface area contributed by atoms with Crippen molar-refractivity contribution >= 4 is 0 Å². The van der Waals surface area contributed by atoms with Crippen LogP contribution in [0.25, 0.3) is 0 Å². The first-order chi connectivity index (χ1) is 9.22. The summed E-state index contributed by atoms with van der Waals surface area (Å²) in [7, 11) is 0. The lowest BCUT2D eigenvalue weighted by Gasteiger charge is -2.37. The van der Waals surface area contributed by atoms with Crippen molar-refractivity contribution in [3.05, 3.63) is 0 Å². The second-order valence-corrected chi connectivity index (χ2v) is 7.27. The van der Waals surface area contributed by atoms with Crippen molar-refractivity contribution in [3.63, 3.8) is 0 Å². The smallest absolute Gasteiger partial charge is 0.0655 e. The Morgan fingerprint density at radius 2 is 1.36 bits per heavy atom. The van der Waals surface area contributed by atoms with Gasteiger partial charge in [-0.15, -0.1) is 0 Å². The number of nitrogens with zero attached hydrogens (tertiary/aromatic N) is 1. The summed E-state index contributed by atoms with van der Waals surface area (Å²) in [5.41, 5.74) is 0. The fourth-order valence-electron chi connectivity index (χ4n) is 4.35. The lowest BCUT2D eigenvalue weighted by Crippen LogP contribution is -2.26. The zero-order chi connectivity index (χ0) is 13.7. The zero-order valence-electron chi connectivity index (χ0n) is 13.9. The molecule has 2 fully saturated rings. The predicted octanol–water partition coefficient (Wildman–Crippen LogP) is 4.55. The Hall–Kier alpha value is -0.590. The van der Waals surface area contributed by atoms with Crippen molar-refractivity contribution in [2.75, 3.05) is 0 Å². The van der Waals surface area contributed by atoms with E-state index in [0.717, 1.165) is 23.7 Å². The highest BCUT2D eigenvalue weighted by Gasteiger charge is 2.30. The Kier molecular flexibility index (Phi) is 12.8. The van der Waals surface area contributed by atoms with Crippen LogP contribution in [0.5, 0.6) is 0 Å². The molecule has 0 aromatic heterocycles. The van der Waals surface area contributed by atoms with Gasteiger partial charge < -0.3 is 11.0 Å². The first-order valence-electron chi connectivity index (χ1n) is 8.62. The van der Waals surface area contributed by atoms with E-state index in [2.05, 4.69) is 19.9 Å². The Balaban J connectivity index is 0. The van der Waals surface area contributed by atoms with Crippen LogP contribution in [0, 0.1) is 40.9 Å². The van der Waals surface area contributed by atoms with E-state index in [1.54, 1.807) is 0 Å². The van der Waals surface area contributed by atoms with Gasteiger partial charge in [-0.2, -0.15) is 5.26 Å². The third kappa shape index (κ3) is 6.67. The normalized spacial score (nSPS) is 32.4. The molecule has 22 heavy (non-hydrogen) atoms. The minimum Gasteiger partial charge on any atom is -0.412 e. The van der Waals surface area contributed by atoms with E-state index in [1.165, 1.54) is 64.2 Å². The largest absolute Gasteiger partial charge is 0.412 e. The quantitative estimate of drug-likeness (QED) is 0.749. The first kappa shape index (κ1) is 23.7. The van der Waals surface area contributed by atoms with Gasteiger partial charge >= 0.3 is 0 Å². The molecule has 0 aromatic carbocycles. The molecule has 0 aliphatic heterocycles. The molecule has 0 amide bonds. The van der Waals surface area contributed by atoms with Crippen LogP contribution in [0.4, 0.5) is 0 Å². The van der Waals surface area contributed by atoms with Gasteiger partial charge in [-0.1, -0.05) is 40.5 Å². The van der Waals surface area contributed by atoms with Gasteiger partial charge in [-0.3, -0.25) is 0 Å². The molecule has 0 saturated heterocycles. The maximum atomic E-state index is 8.98. The van der Waals surface area contributed by atoms with E-state index < -0.39 is 0 Å². The molecule has 2 aliphatic carbocycles. The Morgan fingerprint density at radius 3 is 1.77 bits per heavy atom. The van der Waals surface area contributed by atoms with E-state index in [9.17, 15) is 0 Å². The number of hydrogen-bond donors (Lipinski definition) is 0. The summed E-state index contributed by atoms with van der Waals surface area (Å²) in [6.07, 6.45) is 13.7. The Labute approximate surface area is 138 Å². The second kappa shape index (κ2) is 11.9. The highest BCUT2D eigenvalue weighted by molar-refractivity contribution is 4.89. The van der Waals surface area contributed by atoms with Crippen LogP contribution in [0.15, 0.2) is 0 Å².